The summed E-state index contributed by atoms with van der Waals surface area (Å²) in [6, 6.07) is 0. The smallest absolute Gasteiger partial charge is 0.305 e. The Balaban J connectivity index is 3.55. The van der Waals surface area contributed by atoms with Gasteiger partial charge in [0.15, 0.2) is 0 Å². The van der Waals surface area contributed by atoms with Crippen molar-refractivity contribution in [2.45, 2.75) is 18.9 Å². The van der Waals surface area contributed by atoms with Gasteiger partial charge in [-0.05, 0) is 0 Å². The van der Waals surface area contributed by atoms with Gasteiger partial charge in [0.1, 0.15) is 6.10 Å². The Bertz CT molecular complexity index is 182. The van der Waals surface area contributed by atoms with Crippen molar-refractivity contribution in [1.29, 1.82) is 0 Å². The minimum absolute atomic E-state index is 0.0172. The molecule has 0 heterocycles. The molecule has 0 aromatic rings. The van der Waals surface area contributed by atoms with E-state index in [2.05, 4.69) is 5.32 Å². The first-order valence-corrected chi connectivity index (χ1v) is 3.86. The topological polar surface area (TPSA) is 107 Å². The van der Waals surface area contributed by atoms with Crippen LogP contribution in [-0.4, -0.2) is 46.5 Å². The van der Waals surface area contributed by atoms with Crippen LogP contribution >= 0.6 is 0 Å². The Morgan fingerprint density at radius 1 is 1.38 bits per heavy atom. The second kappa shape index (κ2) is 6.38. The second-order valence-corrected chi connectivity index (χ2v) is 2.46. The molecular formula is C7H13NO5. The van der Waals surface area contributed by atoms with Crippen molar-refractivity contribution < 1.29 is 24.9 Å². The maximum absolute atomic E-state index is 10.8. The van der Waals surface area contributed by atoms with E-state index in [0.29, 0.717) is 0 Å². The Morgan fingerprint density at radius 2 is 2.00 bits per heavy atom. The maximum Gasteiger partial charge on any atom is 0.305 e. The predicted molar refractivity (Wildman–Crippen MR) is 43.0 cm³/mol. The molecule has 0 aromatic heterocycles. The molecule has 0 spiro atoms. The number of carbonyl (C=O) groups excluding carboxylic acids is 1. The molecule has 0 rings (SSSR count). The molecule has 0 saturated carbocycles. The number of carboxylic acids is 1. The third-order valence-corrected chi connectivity index (χ3v) is 1.34. The van der Waals surface area contributed by atoms with Gasteiger partial charge in [0, 0.05) is 19.6 Å². The fourth-order valence-corrected chi connectivity index (χ4v) is 0.664. The molecule has 1 atom stereocenters. The van der Waals surface area contributed by atoms with Gasteiger partial charge in [-0.15, -0.1) is 0 Å². The van der Waals surface area contributed by atoms with Crippen LogP contribution in [0.25, 0.3) is 0 Å². The summed E-state index contributed by atoms with van der Waals surface area (Å²) in [5.41, 5.74) is 0. The van der Waals surface area contributed by atoms with Crippen LogP contribution in [0.3, 0.4) is 0 Å². The van der Waals surface area contributed by atoms with Crippen LogP contribution in [0, 0.1) is 0 Å². The first-order valence-electron chi connectivity index (χ1n) is 3.86. The summed E-state index contributed by atoms with van der Waals surface area (Å²) in [6.07, 6.45) is -1.49. The van der Waals surface area contributed by atoms with Gasteiger partial charge in [-0.1, -0.05) is 0 Å². The average molecular weight is 191 g/mol. The van der Waals surface area contributed by atoms with Crippen molar-refractivity contribution in [2.24, 2.45) is 0 Å². The fourth-order valence-electron chi connectivity index (χ4n) is 0.664. The van der Waals surface area contributed by atoms with Gasteiger partial charge in [0.25, 0.3) is 0 Å². The summed E-state index contributed by atoms with van der Waals surface area (Å²) in [5.74, 6) is -1.67. The van der Waals surface area contributed by atoms with Gasteiger partial charge in [-0.2, -0.15) is 0 Å². The number of aliphatic carboxylic acids is 1. The van der Waals surface area contributed by atoms with Crippen molar-refractivity contribution in [3.05, 3.63) is 0 Å². The van der Waals surface area contributed by atoms with E-state index in [1.807, 2.05) is 0 Å². The number of carbonyl (C=O) groups is 2. The fraction of sp³-hybridized carbons (Fsp3) is 0.714. The molecule has 6 nitrogen and oxygen atoms in total. The number of hydrogen-bond acceptors (Lipinski definition) is 4. The average Bonchev–Trinajstić information content (AvgIpc) is 2.04. The summed E-state index contributed by atoms with van der Waals surface area (Å²) in [6.45, 7) is -0.301. The summed E-state index contributed by atoms with van der Waals surface area (Å²) < 4.78 is 0. The summed E-state index contributed by atoms with van der Waals surface area (Å²) in [7, 11) is 0. The lowest BCUT2D eigenvalue weighted by atomic mass is 10.2. The summed E-state index contributed by atoms with van der Waals surface area (Å²) >= 11 is 0. The number of aliphatic hydroxyl groups is 2. The molecule has 0 aliphatic heterocycles. The van der Waals surface area contributed by atoms with E-state index in [4.69, 9.17) is 15.3 Å². The van der Waals surface area contributed by atoms with Crippen molar-refractivity contribution in [3.8, 4) is 0 Å². The highest BCUT2D eigenvalue weighted by Gasteiger charge is 2.13. The van der Waals surface area contributed by atoms with E-state index in [9.17, 15) is 9.59 Å². The molecule has 0 aliphatic rings. The lowest BCUT2D eigenvalue weighted by molar-refractivity contribution is -0.137. The molecule has 0 radical (unpaired) electrons. The standard InChI is InChI=1S/C7H13NO5/c9-4-2-5(10)7(13)8-3-1-6(11)12/h5,9-10H,1-4H2,(H,8,13)(H,11,12)/t5-/m1/s1. The first-order chi connectivity index (χ1) is 6.07. The summed E-state index contributed by atoms with van der Waals surface area (Å²) in [5, 5.41) is 27.8. The number of aliphatic hydroxyl groups excluding tert-OH is 2. The van der Waals surface area contributed by atoms with Crippen LogP contribution in [-0.2, 0) is 9.59 Å². The molecule has 0 aromatic carbocycles. The van der Waals surface area contributed by atoms with E-state index >= 15 is 0 Å². The van der Waals surface area contributed by atoms with E-state index in [-0.39, 0.29) is 26.0 Å². The van der Waals surface area contributed by atoms with E-state index in [0.717, 1.165) is 0 Å². The number of hydrogen-bond donors (Lipinski definition) is 4. The number of nitrogens with one attached hydrogen (secondary N) is 1. The molecule has 76 valence electrons. The zero-order valence-electron chi connectivity index (χ0n) is 7.06. The normalized spacial score (nSPS) is 12.2. The molecular weight excluding hydrogens is 178 g/mol. The van der Waals surface area contributed by atoms with E-state index in [1.165, 1.54) is 0 Å². The van der Waals surface area contributed by atoms with Crippen LogP contribution in [0.5, 0.6) is 0 Å². The number of rotatable bonds is 6. The zero-order valence-corrected chi connectivity index (χ0v) is 7.06. The van der Waals surface area contributed by atoms with Crippen molar-refractivity contribution in [2.75, 3.05) is 13.2 Å². The molecule has 1 amide bonds. The zero-order chi connectivity index (χ0) is 10.3. The number of carboxylic acid groups (broad SMARTS) is 1. The highest BCUT2D eigenvalue weighted by atomic mass is 16.4. The van der Waals surface area contributed by atoms with Gasteiger partial charge in [0.2, 0.25) is 5.91 Å². The van der Waals surface area contributed by atoms with Gasteiger partial charge in [0.05, 0.1) is 6.42 Å². The lowest BCUT2D eigenvalue weighted by Crippen LogP contribution is -2.36. The molecule has 6 heteroatoms. The Morgan fingerprint density at radius 3 is 2.46 bits per heavy atom. The molecule has 0 bridgehead atoms. The maximum atomic E-state index is 10.8. The van der Waals surface area contributed by atoms with Crippen molar-refractivity contribution in [3.63, 3.8) is 0 Å². The largest absolute Gasteiger partial charge is 0.481 e. The van der Waals surface area contributed by atoms with Crippen LogP contribution in [0.15, 0.2) is 0 Å². The monoisotopic (exact) mass is 191 g/mol. The Labute approximate surface area is 75.2 Å². The quantitative estimate of drug-likeness (QED) is 0.401. The highest BCUT2D eigenvalue weighted by molar-refractivity contribution is 5.80. The third kappa shape index (κ3) is 6.06. The van der Waals surface area contributed by atoms with Gasteiger partial charge in [-0.25, -0.2) is 0 Å². The summed E-state index contributed by atoms with van der Waals surface area (Å²) in [4.78, 5) is 20.9. The van der Waals surface area contributed by atoms with Crippen molar-refractivity contribution in [1.82, 2.24) is 5.32 Å². The van der Waals surface area contributed by atoms with Crippen LogP contribution < -0.4 is 5.32 Å². The Kier molecular flexibility index (Phi) is 5.82. The van der Waals surface area contributed by atoms with Crippen LogP contribution in [0.2, 0.25) is 0 Å². The molecule has 0 aliphatic carbocycles. The second-order valence-electron chi connectivity index (χ2n) is 2.46. The molecule has 4 N–H and O–H groups in total. The number of amides is 1. The van der Waals surface area contributed by atoms with Gasteiger partial charge in [-0.3, -0.25) is 9.59 Å². The van der Waals surface area contributed by atoms with E-state index < -0.39 is 18.0 Å². The first kappa shape index (κ1) is 11.9. The molecule has 13 heavy (non-hydrogen) atoms. The Hall–Kier alpha value is -1.14. The van der Waals surface area contributed by atoms with Crippen LogP contribution in [0.1, 0.15) is 12.8 Å². The van der Waals surface area contributed by atoms with Gasteiger partial charge < -0.3 is 20.6 Å². The lowest BCUT2D eigenvalue weighted by Gasteiger charge is -2.08. The molecule has 0 saturated heterocycles. The minimum Gasteiger partial charge on any atom is -0.481 e. The highest BCUT2D eigenvalue weighted by Crippen LogP contribution is 1.89. The van der Waals surface area contributed by atoms with Crippen molar-refractivity contribution >= 4 is 11.9 Å². The predicted octanol–water partition coefficient (Wildman–Crippen LogP) is -1.68. The molecule has 0 fully saturated rings. The SMILES string of the molecule is O=C(O)CCNC(=O)[C@H](O)CCO. The minimum atomic E-state index is -1.27. The third-order valence-electron chi connectivity index (χ3n) is 1.34. The van der Waals surface area contributed by atoms with Crippen LogP contribution in [0.4, 0.5) is 0 Å². The molecule has 0 unspecified atom stereocenters. The van der Waals surface area contributed by atoms with Gasteiger partial charge >= 0.3 is 5.97 Å². The van der Waals surface area contributed by atoms with E-state index in [1.54, 1.807) is 0 Å².